The lowest BCUT2D eigenvalue weighted by molar-refractivity contribution is 0.0654. The van der Waals surface area contributed by atoms with Crippen LogP contribution in [0.3, 0.4) is 0 Å². The van der Waals surface area contributed by atoms with E-state index >= 15 is 0 Å². The minimum absolute atomic E-state index is 0.455. The van der Waals surface area contributed by atoms with Gasteiger partial charge in [-0.1, -0.05) is 146 Å². The minimum Gasteiger partial charge on any atom is -0.308 e. The van der Waals surface area contributed by atoms with E-state index in [1.807, 2.05) is 17.4 Å². The van der Waals surface area contributed by atoms with Gasteiger partial charge in [-0.2, -0.15) is 0 Å². The fraction of sp³-hybridized carbons (Fsp3) is 0.150. The van der Waals surface area contributed by atoms with Gasteiger partial charge < -0.3 is 4.57 Å². The number of hydrogen-bond donors (Lipinski definition) is 0. The molecule has 0 unspecified atom stereocenters. The SMILES string of the molecule is c1ccc(-c2ccc(-c3nc(-c4ccccc4)nc(-c4cccc(-c5cccc6c5sc5ccccc56)c4)n3)c(-n3c4ccccc4c4cc(CC56CCC(CC5)CC6)ccc43)c2)cc1. The highest BCUT2D eigenvalue weighted by Gasteiger charge is 2.40. The normalized spacial score (nSPS) is 17.1. The Balaban J connectivity index is 1.00. The van der Waals surface area contributed by atoms with Gasteiger partial charge in [0, 0.05) is 47.6 Å². The maximum Gasteiger partial charge on any atom is 0.166 e. The number of nitrogens with zero attached hydrogens (tertiary/aromatic N) is 4. The number of aromatic nitrogens is 4. The predicted octanol–water partition coefficient (Wildman–Crippen LogP) is 16.2. The minimum atomic E-state index is 0.455. The monoisotopic (exact) mass is 854 g/mol. The van der Waals surface area contributed by atoms with Crippen LogP contribution in [0.4, 0.5) is 0 Å². The first-order chi connectivity index (χ1) is 32.1. The molecule has 3 aromatic heterocycles. The lowest BCUT2D eigenvalue weighted by Crippen LogP contribution is -2.35. The number of para-hydroxylation sites is 1. The van der Waals surface area contributed by atoms with Crippen LogP contribution in [-0.4, -0.2) is 19.5 Å². The summed E-state index contributed by atoms with van der Waals surface area (Å²) < 4.78 is 5.04. The molecule has 0 radical (unpaired) electrons. The number of benzene rings is 8. The molecule has 65 heavy (non-hydrogen) atoms. The van der Waals surface area contributed by atoms with E-state index in [-0.39, 0.29) is 0 Å². The Bertz CT molecular complexity index is 3580. The van der Waals surface area contributed by atoms with Crippen LogP contribution in [-0.2, 0) is 6.42 Å². The van der Waals surface area contributed by atoms with Crippen molar-refractivity contribution in [2.45, 2.75) is 44.9 Å². The van der Waals surface area contributed by atoms with Crippen LogP contribution >= 0.6 is 11.3 Å². The second-order valence-electron chi connectivity index (χ2n) is 18.5. The van der Waals surface area contributed by atoms with Gasteiger partial charge in [0.1, 0.15) is 0 Å². The molecule has 4 nitrogen and oxygen atoms in total. The van der Waals surface area contributed by atoms with E-state index in [0.29, 0.717) is 22.9 Å². The van der Waals surface area contributed by atoms with Crippen molar-refractivity contribution in [3.05, 3.63) is 194 Å². The highest BCUT2D eigenvalue weighted by molar-refractivity contribution is 7.26. The van der Waals surface area contributed by atoms with E-state index in [0.717, 1.165) is 45.0 Å². The van der Waals surface area contributed by atoms with Gasteiger partial charge in [-0.3, -0.25) is 0 Å². The molecule has 3 heterocycles. The van der Waals surface area contributed by atoms with Crippen molar-refractivity contribution in [3.8, 4) is 62.1 Å². The van der Waals surface area contributed by atoms with Crippen LogP contribution in [0.15, 0.2) is 188 Å². The van der Waals surface area contributed by atoms with Gasteiger partial charge in [-0.05, 0) is 127 Å². The summed E-state index contributed by atoms with van der Waals surface area (Å²) in [5.74, 6) is 2.87. The third kappa shape index (κ3) is 6.68. The number of rotatable bonds is 8. The molecule has 0 N–H and O–H groups in total. The third-order valence-electron chi connectivity index (χ3n) is 14.7. The summed E-state index contributed by atoms with van der Waals surface area (Å²) in [5.41, 5.74) is 12.8. The molecule has 0 spiro atoms. The van der Waals surface area contributed by atoms with Crippen molar-refractivity contribution in [2.24, 2.45) is 11.3 Å². The Hall–Kier alpha value is -7.21. The van der Waals surface area contributed by atoms with Gasteiger partial charge in [0.15, 0.2) is 17.5 Å². The van der Waals surface area contributed by atoms with Gasteiger partial charge >= 0.3 is 0 Å². The van der Waals surface area contributed by atoms with Crippen molar-refractivity contribution in [3.63, 3.8) is 0 Å². The molecule has 0 amide bonds. The molecule has 3 aliphatic rings. The summed E-state index contributed by atoms with van der Waals surface area (Å²) in [6, 6.07) is 68.1. The quantitative estimate of drug-likeness (QED) is 0.153. The van der Waals surface area contributed by atoms with Crippen LogP contribution in [0.25, 0.3) is 104 Å². The molecule has 3 fully saturated rings. The van der Waals surface area contributed by atoms with E-state index in [9.17, 15) is 0 Å². The molecule has 14 rings (SSSR count). The topological polar surface area (TPSA) is 43.6 Å². The zero-order valence-electron chi connectivity index (χ0n) is 36.1. The van der Waals surface area contributed by atoms with E-state index in [4.69, 9.17) is 15.0 Å². The lowest BCUT2D eigenvalue weighted by atomic mass is 9.59. The molecule has 2 bridgehead atoms. The summed E-state index contributed by atoms with van der Waals surface area (Å²) in [7, 11) is 0. The maximum atomic E-state index is 5.43. The van der Waals surface area contributed by atoms with Crippen molar-refractivity contribution < 1.29 is 0 Å². The Kier molecular flexibility index (Phi) is 9.12. The second kappa shape index (κ2) is 15.5. The van der Waals surface area contributed by atoms with Crippen LogP contribution < -0.4 is 0 Å². The number of fused-ring (bicyclic) bond motifs is 9. The van der Waals surface area contributed by atoms with Crippen LogP contribution in [0, 0.1) is 11.3 Å². The molecule has 0 saturated heterocycles. The molecule has 8 aromatic carbocycles. The molecule has 3 aliphatic carbocycles. The van der Waals surface area contributed by atoms with Crippen molar-refractivity contribution in [2.75, 3.05) is 0 Å². The summed E-state index contributed by atoms with van der Waals surface area (Å²) in [4.78, 5) is 16.0. The molecule has 312 valence electrons. The van der Waals surface area contributed by atoms with Gasteiger partial charge in [0.2, 0.25) is 0 Å². The zero-order valence-corrected chi connectivity index (χ0v) is 36.9. The molecular weight excluding hydrogens is 809 g/mol. The van der Waals surface area contributed by atoms with Gasteiger partial charge in [0.05, 0.1) is 16.7 Å². The molecule has 0 atom stereocenters. The van der Waals surface area contributed by atoms with Gasteiger partial charge in [0.25, 0.3) is 0 Å². The Morgan fingerprint density at radius 2 is 1.08 bits per heavy atom. The van der Waals surface area contributed by atoms with E-state index in [1.165, 1.54) is 98.1 Å². The lowest BCUT2D eigenvalue weighted by Gasteiger charge is -2.47. The first kappa shape index (κ1) is 38.3. The molecule has 3 saturated carbocycles. The predicted molar refractivity (Wildman–Crippen MR) is 272 cm³/mol. The van der Waals surface area contributed by atoms with E-state index in [2.05, 4.69) is 187 Å². The standard InChI is InChI=1S/C60H46N4S/c1-3-13-41(14-4-1)43-26-27-50(54(37-43)64-52-23-9-7-19-47(52)51-35-40(25-28-53(51)64)38-60-32-29-39(30-33-60)31-34-60)59-62-57(42-15-5-2-6-16-42)61-58(63-59)45-18-11-17-44(36-45)46-21-12-22-49-48-20-8-10-24-55(48)65-56(46)49/h1-28,35-37,39H,29-34,38H2. The van der Waals surface area contributed by atoms with Crippen LogP contribution in [0.1, 0.15) is 44.1 Å². The van der Waals surface area contributed by atoms with Crippen LogP contribution in [0.2, 0.25) is 0 Å². The molecule has 5 heteroatoms. The van der Waals surface area contributed by atoms with Gasteiger partial charge in [-0.25, -0.2) is 15.0 Å². The van der Waals surface area contributed by atoms with E-state index < -0.39 is 0 Å². The average molecular weight is 855 g/mol. The highest BCUT2D eigenvalue weighted by Crippen LogP contribution is 2.52. The third-order valence-corrected chi connectivity index (χ3v) is 15.9. The Labute approximate surface area is 382 Å². The summed E-state index contributed by atoms with van der Waals surface area (Å²) in [6.07, 6.45) is 9.50. The first-order valence-corrected chi connectivity index (χ1v) is 24.0. The van der Waals surface area contributed by atoms with Crippen molar-refractivity contribution in [1.82, 2.24) is 19.5 Å². The summed E-state index contributed by atoms with van der Waals surface area (Å²) in [5, 5.41) is 5.13. The second-order valence-corrected chi connectivity index (χ2v) is 19.5. The zero-order chi connectivity index (χ0) is 42.9. The van der Waals surface area contributed by atoms with Crippen LogP contribution in [0.5, 0.6) is 0 Å². The smallest absolute Gasteiger partial charge is 0.166 e. The maximum absolute atomic E-state index is 5.43. The molecular formula is C60H46N4S. The van der Waals surface area contributed by atoms with Crippen molar-refractivity contribution in [1.29, 1.82) is 0 Å². The summed E-state index contributed by atoms with van der Waals surface area (Å²) >= 11 is 1.85. The highest BCUT2D eigenvalue weighted by atomic mass is 32.1. The first-order valence-electron chi connectivity index (χ1n) is 23.2. The Morgan fingerprint density at radius 1 is 0.446 bits per heavy atom. The average Bonchev–Trinajstić information content (AvgIpc) is 3.93. The Morgan fingerprint density at radius 3 is 1.89 bits per heavy atom. The number of hydrogen-bond acceptors (Lipinski definition) is 4. The van der Waals surface area contributed by atoms with E-state index in [1.54, 1.807) is 0 Å². The van der Waals surface area contributed by atoms with Gasteiger partial charge in [-0.15, -0.1) is 11.3 Å². The fourth-order valence-electron chi connectivity index (χ4n) is 11.3. The number of thiophene rings is 1. The largest absolute Gasteiger partial charge is 0.308 e. The van der Waals surface area contributed by atoms with Crippen molar-refractivity contribution >= 4 is 53.3 Å². The molecule has 11 aromatic rings. The molecule has 0 aliphatic heterocycles. The summed E-state index contributed by atoms with van der Waals surface area (Å²) in [6.45, 7) is 0. The fourth-order valence-corrected chi connectivity index (χ4v) is 12.5.